The zero-order chi connectivity index (χ0) is 19.7. The molecule has 3 aromatic rings. The van der Waals surface area contributed by atoms with Gasteiger partial charge in [-0.05, 0) is 42.8 Å². The van der Waals surface area contributed by atoms with Crippen LogP contribution in [0, 0.1) is 6.92 Å². The van der Waals surface area contributed by atoms with Crippen LogP contribution in [0.3, 0.4) is 0 Å². The Morgan fingerprint density at radius 1 is 1.18 bits per heavy atom. The lowest BCUT2D eigenvalue weighted by molar-refractivity contribution is 0.0954. The van der Waals surface area contributed by atoms with Crippen molar-refractivity contribution in [3.05, 3.63) is 64.0 Å². The molecule has 0 aliphatic carbocycles. The summed E-state index contributed by atoms with van der Waals surface area (Å²) in [5.41, 5.74) is 4.15. The molecule has 1 amide bonds. The number of carbonyl (C=O) groups is 1. The van der Waals surface area contributed by atoms with E-state index in [1.165, 1.54) is 11.3 Å². The summed E-state index contributed by atoms with van der Waals surface area (Å²) in [5.74, 6) is 2.20. The van der Waals surface area contributed by atoms with Crippen LogP contribution < -0.4 is 19.5 Å². The second-order valence-corrected chi connectivity index (χ2v) is 7.61. The highest BCUT2D eigenvalue weighted by molar-refractivity contribution is 7.17. The first-order valence-corrected chi connectivity index (χ1v) is 9.77. The Morgan fingerprint density at radius 2 is 2.04 bits per heavy atom. The molecule has 1 aliphatic heterocycles. The summed E-state index contributed by atoms with van der Waals surface area (Å²) < 4.78 is 16.5. The molecule has 28 heavy (non-hydrogen) atoms. The number of benzene rings is 2. The molecular formula is C22H21NO4S. The van der Waals surface area contributed by atoms with Gasteiger partial charge in [0.15, 0.2) is 0 Å². The second kappa shape index (κ2) is 7.56. The van der Waals surface area contributed by atoms with Gasteiger partial charge < -0.3 is 19.5 Å². The van der Waals surface area contributed by atoms with Gasteiger partial charge in [-0.15, -0.1) is 11.3 Å². The van der Waals surface area contributed by atoms with Gasteiger partial charge >= 0.3 is 0 Å². The van der Waals surface area contributed by atoms with Crippen LogP contribution in [0.2, 0.25) is 0 Å². The zero-order valence-corrected chi connectivity index (χ0v) is 16.8. The number of nitrogens with one attached hydrogen (secondary N) is 1. The number of hydrogen-bond donors (Lipinski definition) is 1. The van der Waals surface area contributed by atoms with Gasteiger partial charge in [0.05, 0.1) is 19.1 Å². The predicted molar refractivity (Wildman–Crippen MR) is 110 cm³/mol. The van der Waals surface area contributed by atoms with Gasteiger partial charge in [-0.25, -0.2) is 0 Å². The lowest BCUT2D eigenvalue weighted by atomic mass is 10.0. The maximum Gasteiger partial charge on any atom is 0.261 e. The summed E-state index contributed by atoms with van der Waals surface area (Å²) in [4.78, 5) is 14.6. The number of methoxy groups -OCH3 is 2. The molecule has 2 heterocycles. The second-order valence-electron chi connectivity index (χ2n) is 6.56. The third kappa shape index (κ3) is 3.31. The average Bonchev–Trinajstić information content (AvgIpc) is 3.16. The largest absolute Gasteiger partial charge is 0.497 e. The van der Waals surface area contributed by atoms with E-state index in [-0.39, 0.29) is 5.91 Å². The van der Waals surface area contributed by atoms with Crippen LogP contribution >= 0.6 is 11.3 Å². The molecule has 0 unspecified atom stereocenters. The number of ether oxygens (including phenoxy) is 3. The van der Waals surface area contributed by atoms with Crippen LogP contribution in [0.25, 0.3) is 10.4 Å². The standard InChI is InChI=1S/C22H21NO4S/c1-13-5-4-6-18-20(13)21-15(12-27-18)10-19(28-21)22(24)23-11-14-9-16(25-2)7-8-17(14)26-3/h4-10H,11-12H2,1-3H3,(H,23,24). The van der Waals surface area contributed by atoms with E-state index in [2.05, 4.69) is 18.3 Å². The van der Waals surface area contributed by atoms with Crippen LogP contribution in [0.5, 0.6) is 17.2 Å². The highest BCUT2D eigenvalue weighted by Crippen LogP contribution is 2.44. The van der Waals surface area contributed by atoms with Crippen molar-refractivity contribution in [3.63, 3.8) is 0 Å². The van der Waals surface area contributed by atoms with Crippen LogP contribution in [0.15, 0.2) is 42.5 Å². The molecule has 0 spiro atoms. The third-order valence-electron chi connectivity index (χ3n) is 4.80. The summed E-state index contributed by atoms with van der Waals surface area (Å²) in [5, 5.41) is 2.98. The topological polar surface area (TPSA) is 56.8 Å². The zero-order valence-electron chi connectivity index (χ0n) is 16.0. The molecule has 4 rings (SSSR count). The van der Waals surface area contributed by atoms with E-state index in [1.807, 2.05) is 36.4 Å². The highest BCUT2D eigenvalue weighted by atomic mass is 32.1. The Bertz CT molecular complexity index is 1040. The van der Waals surface area contributed by atoms with E-state index < -0.39 is 0 Å². The van der Waals surface area contributed by atoms with Gasteiger partial charge in [0, 0.05) is 28.1 Å². The summed E-state index contributed by atoms with van der Waals surface area (Å²) in [6.07, 6.45) is 0. The average molecular weight is 395 g/mol. The highest BCUT2D eigenvalue weighted by Gasteiger charge is 2.24. The molecule has 0 saturated carbocycles. The molecule has 1 N–H and O–H groups in total. The van der Waals surface area contributed by atoms with Crippen molar-refractivity contribution in [2.75, 3.05) is 14.2 Å². The molecule has 5 nitrogen and oxygen atoms in total. The SMILES string of the molecule is COc1ccc(OC)c(CNC(=O)c2cc3c(s2)-c2c(C)cccc2OC3)c1. The fraction of sp³-hybridized carbons (Fsp3) is 0.227. The van der Waals surface area contributed by atoms with Gasteiger partial charge in [-0.1, -0.05) is 12.1 Å². The van der Waals surface area contributed by atoms with Gasteiger partial charge in [0.1, 0.15) is 23.9 Å². The lowest BCUT2D eigenvalue weighted by Crippen LogP contribution is -2.22. The van der Waals surface area contributed by atoms with E-state index in [0.29, 0.717) is 23.8 Å². The Hall–Kier alpha value is -2.99. The molecule has 0 radical (unpaired) electrons. The van der Waals surface area contributed by atoms with Gasteiger partial charge in [-0.2, -0.15) is 0 Å². The Kier molecular flexibility index (Phi) is 4.96. The summed E-state index contributed by atoms with van der Waals surface area (Å²) in [6, 6.07) is 13.5. The first-order valence-electron chi connectivity index (χ1n) is 8.95. The monoisotopic (exact) mass is 395 g/mol. The van der Waals surface area contributed by atoms with E-state index in [9.17, 15) is 4.79 Å². The van der Waals surface area contributed by atoms with Crippen LogP contribution in [0.4, 0.5) is 0 Å². The van der Waals surface area contributed by atoms with Crippen molar-refractivity contribution in [2.45, 2.75) is 20.1 Å². The van der Waals surface area contributed by atoms with Crippen molar-refractivity contribution in [1.82, 2.24) is 5.32 Å². The Labute approximate surface area is 167 Å². The Balaban J connectivity index is 1.56. The molecule has 1 aliphatic rings. The van der Waals surface area contributed by atoms with E-state index in [0.717, 1.165) is 38.6 Å². The number of aryl methyl sites for hydroxylation is 1. The molecule has 144 valence electrons. The third-order valence-corrected chi connectivity index (χ3v) is 6.00. The minimum Gasteiger partial charge on any atom is -0.497 e. The van der Waals surface area contributed by atoms with E-state index in [4.69, 9.17) is 14.2 Å². The maximum atomic E-state index is 12.8. The number of hydrogen-bond acceptors (Lipinski definition) is 5. The maximum absolute atomic E-state index is 12.8. The smallest absolute Gasteiger partial charge is 0.261 e. The predicted octanol–water partition coefficient (Wildman–Crippen LogP) is 4.56. The van der Waals surface area contributed by atoms with Crippen molar-refractivity contribution in [3.8, 4) is 27.7 Å². The number of carbonyl (C=O) groups excluding carboxylic acids is 1. The first kappa shape index (κ1) is 18.4. The number of thiophene rings is 1. The summed E-state index contributed by atoms with van der Waals surface area (Å²) >= 11 is 1.51. The van der Waals surface area contributed by atoms with E-state index >= 15 is 0 Å². The minimum absolute atomic E-state index is 0.112. The number of fused-ring (bicyclic) bond motifs is 3. The summed E-state index contributed by atoms with van der Waals surface area (Å²) in [6.45, 7) is 2.90. The fourth-order valence-corrected chi connectivity index (χ4v) is 4.55. The molecule has 0 bridgehead atoms. The molecule has 2 aromatic carbocycles. The van der Waals surface area contributed by atoms with Crippen molar-refractivity contribution in [2.24, 2.45) is 0 Å². The quantitative estimate of drug-likeness (QED) is 0.688. The molecule has 0 fully saturated rings. The van der Waals surface area contributed by atoms with Crippen molar-refractivity contribution < 1.29 is 19.0 Å². The van der Waals surface area contributed by atoms with Crippen LogP contribution in [0.1, 0.15) is 26.4 Å². The van der Waals surface area contributed by atoms with Crippen molar-refractivity contribution >= 4 is 17.2 Å². The molecule has 1 aromatic heterocycles. The molecular weight excluding hydrogens is 374 g/mol. The molecule has 6 heteroatoms. The normalized spacial score (nSPS) is 11.8. The van der Waals surface area contributed by atoms with Gasteiger partial charge in [-0.3, -0.25) is 4.79 Å². The molecule has 0 atom stereocenters. The van der Waals surface area contributed by atoms with Gasteiger partial charge in [0.25, 0.3) is 5.91 Å². The fourth-order valence-electron chi connectivity index (χ4n) is 3.35. The minimum atomic E-state index is -0.112. The number of rotatable bonds is 5. The van der Waals surface area contributed by atoms with Gasteiger partial charge in [0.2, 0.25) is 0 Å². The number of amides is 1. The van der Waals surface area contributed by atoms with Crippen molar-refractivity contribution in [1.29, 1.82) is 0 Å². The lowest BCUT2D eigenvalue weighted by Gasteiger charge is -2.19. The van der Waals surface area contributed by atoms with E-state index in [1.54, 1.807) is 14.2 Å². The van der Waals surface area contributed by atoms with Crippen LogP contribution in [-0.4, -0.2) is 20.1 Å². The first-order chi connectivity index (χ1) is 13.6. The molecule has 0 saturated heterocycles. The summed E-state index contributed by atoms with van der Waals surface area (Å²) in [7, 11) is 3.22. The van der Waals surface area contributed by atoms with Crippen LogP contribution in [-0.2, 0) is 13.2 Å². The Morgan fingerprint density at radius 3 is 2.82 bits per heavy atom.